The first-order chi connectivity index (χ1) is 13.5. The topological polar surface area (TPSA) is 86.4 Å². The van der Waals surface area contributed by atoms with Crippen LogP contribution >= 0.6 is 0 Å². The Morgan fingerprint density at radius 2 is 2.04 bits per heavy atom. The Labute approximate surface area is 160 Å². The Morgan fingerprint density at radius 3 is 2.82 bits per heavy atom. The summed E-state index contributed by atoms with van der Waals surface area (Å²) in [6, 6.07) is 13.5. The van der Waals surface area contributed by atoms with Crippen LogP contribution in [0.3, 0.4) is 0 Å². The average Bonchev–Trinajstić information content (AvgIpc) is 3.22. The molecule has 0 aliphatic heterocycles. The zero-order chi connectivity index (χ0) is 19.7. The number of furan rings is 1. The molecule has 4 aromatic rings. The molecule has 2 aromatic carbocycles. The van der Waals surface area contributed by atoms with Gasteiger partial charge in [-0.05, 0) is 23.8 Å². The first-order valence-corrected chi connectivity index (χ1v) is 8.85. The van der Waals surface area contributed by atoms with Gasteiger partial charge in [-0.3, -0.25) is 14.3 Å². The van der Waals surface area contributed by atoms with Crippen molar-refractivity contribution in [3.05, 3.63) is 60.0 Å². The Morgan fingerprint density at radius 1 is 1.21 bits per heavy atom. The van der Waals surface area contributed by atoms with Crippen LogP contribution in [0, 0.1) is 6.92 Å². The molecule has 7 heteroatoms. The third-order valence-corrected chi connectivity index (χ3v) is 4.51. The van der Waals surface area contributed by atoms with Crippen LogP contribution in [-0.2, 0) is 27.8 Å². The van der Waals surface area contributed by atoms with Gasteiger partial charge in [-0.1, -0.05) is 30.3 Å². The van der Waals surface area contributed by atoms with E-state index in [1.807, 2.05) is 43.3 Å². The van der Waals surface area contributed by atoms with E-state index in [1.54, 1.807) is 24.1 Å². The number of hydrogen-bond acceptors (Lipinski definition) is 5. The second kappa shape index (κ2) is 7.19. The number of aryl methyl sites for hydroxylation is 2. The molecule has 28 heavy (non-hydrogen) atoms. The highest BCUT2D eigenvalue weighted by molar-refractivity contribution is 6.08. The van der Waals surface area contributed by atoms with E-state index >= 15 is 0 Å². The van der Waals surface area contributed by atoms with Gasteiger partial charge in [0.05, 0.1) is 18.4 Å². The number of hydrogen-bond donors (Lipinski definition) is 1. The Kier molecular flexibility index (Phi) is 4.57. The predicted octanol–water partition coefficient (Wildman–Crippen LogP) is 3.35. The van der Waals surface area contributed by atoms with Gasteiger partial charge in [-0.15, -0.1) is 0 Å². The highest BCUT2D eigenvalue weighted by atomic mass is 16.5. The molecule has 0 atom stereocenters. The van der Waals surface area contributed by atoms with Crippen LogP contribution in [0.1, 0.15) is 11.3 Å². The summed E-state index contributed by atoms with van der Waals surface area (Å²) in [7, 11) is 1.73. The number of aromatic nitrogens is 2. The number of fused-ring (bicyclic) bond motifs is 3. The van der Waals surface area contributed by atoms with Gasteiger partial charge < -0.3 is 14.5 Å². The second-order valence-corrected chi connectivity index (χ2v) is 6.60. The van der Waals surface area contributed by atoms with Crippen LogP contribution in [0.4, 0.5) is 5.82 Å². The molecule has 0 saturated carbocycles. The van der Waals surface area contributed by atoms with E-state index in [1.165, 1.54) is 0 Å². The van der Waals surface area contributed by atoms with Crippen molar-refractivity contribution in [1.29, 1.82) is 0 Å². The van der Waals surface area contributed by atoms with Crippen molar-refractivity contribution in [2.45, 2.75) is 13.3 Å². The molecular formula is C21H19N3O4. The summed E-state index contributed by atoms with van der Waals surface area (Å²) in [5.74, 6) is -0.364. The molecule has 7 nitrogen and oxygen atoms in total. The minimum absolute atomic E-state index is 0.0269. The van der Waals surface area contributed by atoms with Crippen molar-refractivity contribution in [2.75, 3.05) is 11.9 Å². The number of carbonyl (C=O) groups is 2. The smallest absolute Gasteiger partial charge is 0.310 e. The quantitative estimate of drug-likeness (QED) is 0.539. The fraction of sp³-hybridized carbons (Fsp3) is 0.190. The molecule has 4 rings (SSSR count). The van der Waals surface area contributed by atoms with Crippen molar-refractivity contribution in [3.8, 4) is 0 Å². The molecule has 0 unspecified atom stereocenters. The second-order valence-electron chi connectivity index (χ2n) is 6.60. The standard InChI is InChI=1S/C21H19N3O4/c1-13-9-18(24(2)23-13)22-19(25)12-28-20(26)10-15-11-27-17-8-7-14-5-3-4-6-16(14)21(15)17/h3-9,11H,10,12H2,1-2H3,(H,22,25). The van der Waals surface area contributed by atoms with E-state index < -0.39 is 11.9 Å². The molecule has 1 N–H and O–H groups in total. The molecule has 0 saturated heterocycles. The number of nitrogens with zero attached hydrogens (tertiary/aromatic N) is 2. The third-order valence-electron chi connectivity index (χ3n) is 4.51. The lowest BCUT2D eigenvalue weighted by Gasteiger charge is -2.06. The molecule has 1 amide bonds. The highest BCUT2D eigenvalue weighted by Crippen LogP contribution is 2.30. The van der Waals surface area contributed by atoms with Gasteiger partial charge in [-0.2, -0.15) is 5.10 Å². The molecular weight excluding hydrogens is 358 g/mol. The number of nitrogens with one attached hydrogen (secondary N) is 1. The van der Waals surface area contributed by atoms with E-state index in [9.17, 15) is 9.59 Å². The third kappa shape index (κ3) is 3.46. The minimum atomic E-state index is -0.494. The largest absolute Gasteiger partial charge is 0.464 e. The molecule has 0 bridgehead atoms. The monoisotopic (exact) mass is 377 g/mol. The number of benzene rings is 2. The summed E-state index contributed by atoms with van der Waals surface area (Å²) in [4.78, 5) is 24.3. The van der Waals surface area contributed by atoms with Crippen LogP contribution in [0.5, 0.6) is 0 Å². The first-order valence-electron chi connectivity index (χ1n) is 8.85. The lowest BCUT2D eigenvalue weighted by molar-refractivity contribution is -0.146. The highest BCUT2D eigenvalue weighted by Gasteiger charge is 2.15. The first kappa shape index (κ1) is 17.8. The van der Waals surface area contributed by atoms with Gasteiger partial charge in [0, 0.05) is 24.1 Å². The minimum Gasteiger partial charge on any atom is -0.464 e. The zero-order valence-electron chi connectivity index (χ0n) is 15.6. The van der Waals surface area contributed by atoms with Gasteiger partial charge >= 0.3 is 5.97 Å². The van der Waals surface area contributed by atoms with E-state index in [-0.39, 0.29) is 13.0 Å². The number of amides is 1. The van der Waals surface area contributed by atoms with Crippen LogP contribution in [0.25, 0.3) is 21.7 Å². The van der Waals surface area contributed by atoms with E-state index in [2.05, 4.69) is 10.4 Å². The summed E-state index contributed by atoms with van der Waals surface area (Å²) in [6.45, 7) is 1.47. The number of anilines is 1. The van der Waals surface area contributed by atoms with Crippen LogP contribution in [0.2, 0.25) is 0 Å². The molecule has 142 valence electrons. The van der Waals surface area contributed by atoms with Crippen molar-refractivity contribution < 1.29 is 18.7 Å². The van der Waals surface area contributed by atoms with E-state index in [4.69, 9.17) is 9.15 Å². The zero-order valence-corrected chi connectivity index (χ0v) is 15.6. The van der Waals surface area contributed by atoms with E-state index in [0.717, 1.165) is 27.4 Å². The fourth-order valence-corrected chi connectivity index (χ4v) is 3.26. The van der Waals surface area contributed by atoms with Gasteiger partial charge in [0.2, 0.25) is 0 Å². The maximum absolute atomic E-state index is 12.3. The molecule has 0 spiro atoms. The lowest BCUT2D eigenvalue weighted by atomic mass is 10.0. The summed E-state index contributed by atoms with van der Waals surface area (Å²) in [6.07, 6.45) is 1.59. The summed E-state index contributed by atoms with van der Waals surface area (Å²) >= 11 is 0. The molecule has 0 radical (unpaired) electrons. The number of esters is 1. The average molecular weight is 377 g/mol. The van der Waals surface area contributed by atoms with Gasteiger partial charge in [0.15, 0.2) is 6.61 Å². The lowest BCUT2D eigenvalue weighted by Crippen LogP contribution is -2.22. The SMILES string of the molecule is Cc1cc(NC(=O)COC(=O)Cc2coc3ccc4ccccc4c23)n(C)n1. The summed E-state index contributed by atoms with van der Waals surface area (Å²) in [5, 5.41) is 9.79. The Balaban J connectivity index is 1.43. The molecule has 0 aliphatic rings. The molecule has 2 heterocycles. The number of carbonyl (C=O) groups excluding carboxylic acids is 2. The van der Waals surface area contributed by atoms with Gasteiger partial charge in [0.1, 0.15) is 11.4 Å². The Bertz CT molecular complexity index is 1190. The number of ether oxygens (including phenoxy) is 1. The molecule has 2 aromatic heterocycles. The van der Waals surface area contributed by atoms with E-state index in [0.29, 0.717) is 11.4 Å². The Hall–Kier alpha value is -3.61. The number of rotatable bonds is 5. The fourth-order valence-electron chi connectivity index (χ4n) is 3.26. The maximum atomic E-state index is 12.3. The van der Waals surface area contributed by atoms with Crippen LogP contribution < -0.4 is 5.32 Å². The predicted molar refractivity (Wildman–Crippen MR) is 105 cm³/mol. The van der Waals surface area contributed by atoms with Crippen LogP contribution in [0.15, 0.2) is 53.1 Å². The molecule has 0 aliphatic carbocycles. The summed E-state index contributed by atoms with van der Waals surface area (Å²) < 4.78 is 12.3. The van der Waals surface area contributed by atoms with Crippen molar-refractivity contribution in [1.82, 2.24) is 9.78 Å². The van der Waals surface area contributed by atoms with Crippen LogP contribution in [-0.4, -0.2) is 28.3 Å². The normalized spacial score (nSPS) is 11.1. The van der Waals surface area contributed by atoms with Crippen molar-refractivity contribution in [3.63, 3.8) is 0 Å². The van der Waals surface area contributed by atoms with Crippen molar-refractivity contribution >= 4 is 39.4 Å². The van der Waals surface area contributed by atoms with Gasteiger partial charge in [-0.25, -0.2) is 0 Å². The molecule has 0 fully saturated rings. The van der Waals surface area contributed by atoms with Crippen molar-refractivity contribution in [2.24, 2.45) is 7.05 Å². The summed E-state index contributed by atoms with van der Waals surface area (Å²) in [5.41, 5.74) is 2.24. The van der Waals surface area contributed by atoms with Gasteiger partial charge in [0.25, 0.3) is 5.91 Å². The maximum Gasteiger partial charge on any atom is 0.310 e.